The molecule has 0 saturated carbocycles. The molecule has 7 heteroatoms. The third kappa shape index (κ3) is 5.58. The lowest BCUT2D eigenvalue weighted by molar-refractivity contribution is -0.129. The van der Waals surface area contributed by atoms with E-state index in [1.165, 1.54) is 0 Å². The van der Waals surface area contributed by atoms with Crippen LogP contribution in [0.4, 0.5) is 0 Å². The molecule has 178 valence electrons. The topological polar surface area (TPSA) is 83.4 Å². The standard InChI is InChI=1S/C28H25NO6/c1-4-32-21-13-11-20(12-14-21)26-29-23(28(31)35-26)16-19-10-15-24(25(17-19)33-5-2)34-27(30)22-9-7-6-8-18(22)3/h6-17H,4-5H2,1-3H3/b23-16-. The number of hydrogen-bond acceptors (Lipinski definition) is 7. The average molecular weight is 472 g/mol. The summed E-state index contributed by atoms with van der Waals surface area (Å²) in [4.78, 5) is 29.4. The molecule has 7 nitrogen and oxygen atoms in total. The maximum atomic E-state index is 12.6. The summed E-state index contributed by atoms with van der Waals surface area (Å²) in [6.45, 7) is 6.52. The average Bonchev–Trinajstić information content (AvgIpc) is 3.21. The molecule has 0 atom stereocenters. The molecule has 0 spiro atoms. The van der Waals surface area contributed by atoms with Gasteiger partial charge in [0.15, 0.2) is 17.2 Å². The van der Waals surface area contributed by atoms with Gasteiger partial charge in [0.25, 0.3) is 0 Å². The maximum absolute atomic E-state index is 12.6. The SMILES string of the molecule is CCOc1ccc(C2=N/C(=C\c3ccc(OC(=O)c4ccccc4C)c(OCC)c3)C(=O)O2)cc1. The van der Waals surface area contributed by atoms with Gasteiger partial charge in [-0.3, -0.25) is 0 Å². The van der Waals surface area contributed by atoms with Crippen LogP contribution >= 0.6 is 0 Å². The summed E-state index contributed by atoms with van der Waals surface area (Å²) in [5.41, 5.74) is 2.76. The first-order valence-electron chi connectivity index (χ1n) is 11.3. The number of carbonyl (C=O) groups excluding carboxylic acids is 2. The van der Waals surface area contributed by atoms with Crippen molar-refractivity contribution in [3.8, 4) is 17.2 Å². The van der Waals surface area contributed by atoms with Crippen LogP contribution in [0.15, 0.2) is 77.4 Å². The summed E-state index contributed by atoms with van der Waals surface area (Å²) in [7, 11) is 0. The van der Waals surface area contributed by atoms with Gasteiger partial charge in [-0.15, -0.1) is 0 Å². The zero-order valence-electron chi connectivity index (χ0n) is 19.7. The summed E-state index contributed by atoms with van der Waals surface area (Å²) in [5, 5.41) is 0. The minimum Gasteiger partial charge on any atom is -0.494 e. The second-order valence-corrected chi connectivity index (χ2v) is 7.64. The highest BCUT2D eigenvalue weighted by atomic mass is 16.6. The Morgan fingerprint density at radius 2 is 1.69 bits per heavy atom. The Hall–Kier alpha value is -4.39. The Labute approximate surface area is 203 Å². The molecule has 4 rings (SSSR count). The van der Waals surface area contributed by atoms with Gasteiger partial charge in [0.05, 0.1) is 18.8 Å². The van der Waals surface area contributed by atoms with Crippen molar-refractivity contribution in [2.75, 3.05) is 13.2 Å². The Morgan fingerprint density at radius 1 is 0.943 bits per heavy atom. The van der Waals surface area contributed by atoms with Crippen LogP contribution in [0.2, 0.25) is 0 Å². The summed E-state index contributed by atoms with van der Waals surface area (Å²) >= 11 is 0. The zero-order valence-corrected chi connectivity index (χ0v) is 19.7. The monoisotopic (exact) mass is 471 g/mol. The van der Waals surface area contributed by atoms with Gasteiger partial charge in [-0.25, -0.2) is 14.6 Å². The van der Waals surface area contributed by atoms with E-state index in [9.17, 15) is 9.59 Å². The van der Waals surface area contributed by atoms with Gasteiger partial charge in [-0.2, -0.15) is 0 Å². The fourth-order valence-corrected chi connectivity index (χ4v) is 3.47. The summed E-state index contributed by atoms with van der Waals surface area (Å²) in [5.74, 6) is 0.587. The Balaban J connectivity index is 1.57. The number of rotatable bonds is 8. The van der Waals surface area contributed by atoms with Crippen LogP contribution in [0.5, 0.6) is 17.2 Å². The summed E-state index contributed by atoms with van der Waals surface area (Å²) in [6.07, 6.45) is 1.60. The number of carbonyl (C=O) groups is 2. The number of benzene rings is 3. The van der Waals surface area contributed by atoms with Crippen molar-refractivity contribution in [2.45, 2.75) is 20.8 Å². The molecule has 0 N–H and O–H groups in total. The van der Waals surface area contributed by atoms with E-state index >= 15 is 0 Å². The van der Waals surface area contributed by atoms with Crippen LogP contribution in [0.25, 0.3) is 6.08 Å². The van der Waals surface area contributed by atoms with Crippen LogP contribution in [-0.4, -0.2) is 31.1 Å². The van der Waals surface area contributed by atoms with E-state index < -0.39 is 11.9 Å². The minimum absolute atomic E-state index is 0.154. The van der Waals surface area contributed by atoms with Crippen LogP contribution in [-0.2, 0) is 9.53 Å². The molecule has 0 fully saturated rings. The van der Waals surface area contributed by atoms with E-state index in [-0.39, 0.29) is 17.3 Å². The molecule has 0 aromatic heterocycles. The molecule has 0 bridgehead atoms. The van der Waals surface area contributed by atoms with E-state index in [0.29, 0.717) is 35.7 Å². The molecule has 35 heavy (non-hydrogen) atoms. The largest absolute Gasteiger partial charge is 0.494 e. The third-order valence-corrected chi connectivity index (χ3v) is 5.17. The Bertz CT molecular complexity index is 1310. The highest BCUT2D eigenvalue weighted by Crippen LogP contribution is 2.31. The quantitative estimate of drug-likeness (QED) is 0.250. The smallest absolute Gasteiger partial charge is 0.363 e. The number of cyclic esters (lactones) is 1. The van der Waals surface area contributed by atoms with Crippen molar-refractivity contribution in [2.24, 2.45) is 4.99 Å². The van der Waals surface area contributed by atoms with Crippen molar-refractivity contribution >= 4 is 23.9 Å². The molecule has 1 aliphatic rings. The van der Waals surface area contributed by atoms with Gasteiger partial charge in [0.2, 0.25) is 5.90 Å². The van der Waals surface area contributed by atoms with Crippen LogP contribution in [0.1, 0.15) is 40.9 Å². The fraction of sp³-hybridized carbons (Fsp3) is 0.179. The number of nitrogens with zero attached hydrogens (tertiary/aromatic N) is 1. The van der Waals surface area contributed by atoms with Crippen molar-refractivity contribution in [3.05, 3.63) is 94.7 Å². The van der Waals surface area contributed by atoms with Crippen LogP contribution < -0.4 is 14.2 Å². The zero-order chi connectivity index (χ0) is 24.8. The number of aryl methyl sites for hydroxylation is 1. The molecule has 3 aromatic rings. The van der Waals surface area contributed by atoms with E-state index in [1.807, 2.05) is 32.9 Å². The molecule has 1 aliphatic heterocycles. The molecule has 0 aliphatic carbocycles. The normalized spacial score (nSPS) is 13.9. The van der Waals surface area contributed by atoms with Crippen molar-refractivity contribution in [1.82, 2.24) is 0 Å². The highest BCUT2D eigenvalue weighted by molar-refractivity contribution is 6.12. The van der Waals surface area contributed by atoms with Crippen molar-refractivity contribution in [1.29, 1.82) is 0 Å². The highest BCUT2D eigenvalue weighted by Gasteiger charge is 2.24. The Morgan fingerprint density at radius 3 is 2.40 bits per heavy atom. The van der Waals surface area contributed by atoms with E-state index in [0.717, 1.165) is 11.3 Å². The fourth-order valence-electron chi connectivity index (χ4n) is 3.47. The summed E-state index contributed by atoms with van der Waals surface area (Å²) in [6, 6.07) is 19.4. The van der Waals surface area contributed by atoms with Crippen LogP contribution in [0.3, 0.4) is 0 Å². The van der Waals surface area contributed by atoms with E-state index in [4.69, 9.17) is 18.9 Å². The predicted octanol–water partition coefficient (Wildman–Crippen LogP) is 5.36. The molecular formula is C28H25NO6. The van der Waals surface area contributed by atoms with Crippen molar-refractivity contribution in [3.63, 3.8) is 0 Å². The molecule has 0 amide bonds. The molecule has 0 unspecified atom stereocenters. The third-order valence-electron chi connectivity index (χ3n) is 5.17. The van der Waals surface area contributed by atoms with E-state index in [1.54, 1.807) is 60.7 Å². The predicted molar refractivity (Wildman–Crippen MR) is 132 cm³/mol. The number of aliphatic imine (C=N–C) groups is 1. The van der Waals surface area contributed by atoms with Gasteiger partial charge in [-0.05, 0) is 80.4 Å². The maximum Gasteiger partial charge on any atom is 0.363 e. The number of hydrogen-bond donors (Lipinski definition) is 0. The first kappa shape index (κ1) is 23.8. The second-order valence-electron chi connectivity index (χ2n) is 7.64. The van der Waals surface area contributed by atoms with Gasteiger partial charge < -0.3 is 18.9 Å². The van der Waals surface area contributed by atoms with Crippen molar-refractivity contribution < 1.29 is 28.5 Å². The van der Waals surface area contributed by atoms with Gasteiger partial charge in [-0.1, -0.05) is 24.3 Å². The van der Waals surface area contributed by atoms with Gasteiger partial charge >= 0.3 is 11.9 Å². The minimum atomic E-state index is -0.554. The lowest BCUT2D eigenvalue weighted by atomic mass is 10.1. The summed E-state index contributed by atoms with van der Waals surface area (Å²) < 4.78 is 22.1. The number of ether oxygens (including phenoxy) is 4. The lowest BCUT2D eigenvalue weighted by Gasteiger charge is -2.12. The molecule has 1 heterocycles. The van der Waals surface area contributed by atoms with Crippen LogP contribution in [0, 0.1) is 6.92 Å². The van der Waals surface area contributed by atoms with E-state index in [2.05, 4.69) is 4.99 Å². The lowest BCUT2D eigenvalue weighted by Crippen LogP contribution is -2.11. The Kier molecular flexibility index (Phi) is 7.26. The molecule has 3 aromatic carbocycles. The number of esters is 2. The second kappa shape index (κ2) is 10.7. The van der Waals surface area contributed by atoms with Gasteiger partial charge in [0, 0.05) is 5.56 Å². The first-order chi connectivity index (χ1) is 17.0. The van der Waals surface area contributed by atoms with Gasteiger partial charge in [0.1, 0.15) is 5.75 Å². The molecular weight excluding hydrogens is 446 g/mol. The first-order valence-corrected chi connectivity index (χ1v) is 11.3. The molecule has 0 saturated heterocycles. The molecule has 0 radical (unpaired) electrons.